The van der Waals surface area contributed by atoms with Crippen LogP contribution in [0.4, 0.5) is 10.5 Å². The number of halogens is 1. The van der Waals surface area contributed by atoms with E-state index >= 15 is 0 Å². The molecule has 0 unspecified atom stereocenters. The van der Waals surface area contributed by atoms with E-state index in [1.165, 1.54) is 0 Å². The molecule has 1 aliphatic rings. The normalized spacial score (nSPS) is 15.8. The number of carbonyl (C=O) groups excluding carboxylic acids is 1. The monoisotopic (exact) mass is 365 g/mol. The van der Waals surface area contributed by atoms with Crippen LogP contribution in [0.1, 0.15) is 30.6 Å². The molecule has 2 amide bonds. The standard InChI is InChI=1S/C21H20ClN3O/c1-2-18-20-8-5-13-24(20)19-7-4-3-6-15(19)14-25(18)21(26)23-17-11-9-16(22)10-12-17/h3-13,18H,2,14H2,1H3,(H,23,26)/t18-/m1/s1. The summed E-state index contributed by atoms with van der Waals surface area (Å²) in [6.07, 6.45) is 2.91. The Kier molecular flexibility index (Phi) is 4.43. The van der Waals surface area contributed by atoms with Crippen LogP contribution in [-0.4, -0.2) is 15.5 Å². The Balaban J connectivity index is 1.71. The highest BCUT2D eigenvalue weighted by Crippen LogP contribution is 2.34. The van der Waals surface area contributed by atoms with E-state index in [2.05, 4.69) is 41.2 Å². The number of anilines is 1. The summed E-state index contributed by atoms with van der Waals surface area (Å²) in [5.74, 6) is 0. The maximum Gasteiger partial charge on any atom is 0.322 e. The lowest BCUT2D eigenvalue weighted by Crippen LogP contribution is -2.37. The van der Waals surface area contributed by atoms with Crippen molar-refractivity contribution >= 4 is 23.3 Å². The van der Waals surface area contributed by atoms with Gasteiger partial charge in [-0.15, -0.1) is 0 Å². The third-order valence-electron chi connectivity index (χ3n) is 4.83. The predicted molar refractivity (Wildman–Crippen MR) is 105 cm³/mol. The van der Waals surface area contributed by atoms with E-state index in [0.29, 0.717) is 11.6 Å². The molecule has 1 aromatic heterocycles. The molecule has 3 aromatic rings. The molecule has 0 bridgehead atoms. The van der Waals surface area contributed by atoms with E-state index in [-0.39, 0.29) is 12.1 Å². The zero-order valence-electron chi connectivity index (χ0n) is 14.5. The summed E-state index contributed by atoms with van der Waals surface area (Å²) in [6, 6.07) is 19.4. The molecule has 0 radical (unpaired) electrons. The van der Waals surface area contributed by atoms with Gasteiger partial charge in [0.15, 0.2) is 0 Å². The molecule has 0 saturated carbocycles. The second-order valence-electron chi connectivity index (χ2n) is 6.42. The van der Waals surface area contributed by atoms with Crippen molar-refractivity contribution < 1.29 is 4.79 Å². The molecule has 0 fully saturated rings. The Bertz CT molecular complexity index is 932. The first-order chi connectivity index (χ1) is 12.7. The van der Waals surface area contributed by atoms with Crippen molar-refractivity contribution in [2.45, 2.75) is 25.9 Å². The highest BCUT2D eigenvalue weighted by molar-refractivity contribution is 6.30. The Hall–Kier alpha value is -2.72. The number of hydrogen-bond acceptors (Lipinski definition) is 1. The smallest absolute Gasteiger partial charge is 0.318 e. The minimum Gasteiger partial charge on any atom is -0.318 e. The van der Waals surface area contributed by atoms with Gasteiger partial charge in [0.05, 0.1) is 18.3 Å². The summed E-state index contributed by atoms with van der Waals surface area (Å²) in [4.78, 5) is 15.0. The fourth-order valence-electron chi connectivity index (χ4n) is 3.59. The van der Waals surface area contributed by atoms with Gasteiger partial charge in [0.2, 0.25) is 0 Å². The second kappa shape index (κ2) is 6.89. The molecule has 26 heavy (non-hydrogen) atoms. The van der Waals surface area contributed by atoms with Gasteiger partial charge < -0.3 is 14.8 Å². The fourth-order valence-corrected chi connectivity index (χ4v) is 3.72. The van der Waals surface area contributed by atoms with Crippen molar-refractivity contribution in [1.29, 1.82) is 0 Å². The van der Waals surface area contributed by atoms with Gasteiger partial charge in [-0.3, -0.25) is 0 Å². The molecule has 4 rings (SSSR count). The molecule has 0 aliphatic carbocycles. The molecule has 2 aromatic carbocycles. The van der Waals surface area contributed by atoms with Gasteiger partial charge in [0.25, 0.3) is 0 Å². The summed E-state index contributed by atoms with van der Waals surface area (Å²) >= 11 is 5.94. The van der Waals surface area contributed by atoms with E-state index in [4.69, 9.17) is 11.6 Å². The van der Waals surface area contributed by atoms with Crippen LogP contribution in [0.5, 0.6) is 0 Å². The highest BCUT2D eigenvalue weighted by Gasteiger charge is 2.30. The van der Waals surface area contributed by atoms with E-state index in [9.17, 15) is 4.79 Å². The first-order valence-electron chi connectivity index (χ1n) is 8.76. The van der Waals surface area contributed by atoms with Gasteiger partial charge in [-0.2, -0.15) is 0 Å². The van der Waals surface area contributed by atoms with Crippen LogP contribution in [0, 0.1) is 0 Å². The third-order valence-corrected chi connectivity index (χ3v) is 5.08. The number of urea groups is 1. The third kappa shape index (κ3) is 2.97. The lowest BCUT2D eigenvalue weighted by atomic mass is 10.1. The van der Waals surface area contributed by atoms with Crippen LogP contribution >= 0.6 is 11.6 Å². The summed E-state index contributed by atoms with van der Waals surface area (Å²) in [5, 5.41) is 3.65. The van der Waals surface area contributed by atoms with Gasteiger partial charge in [-0.25, -0.2) is 4.79 Å². The first-order valence-corrected chi connectivity index (χ1v) is 9.14. The number of nitrogens with zero attached hydrogens (tertiary/aromatic N) is 2. The molecule has 5 heteroatoms. The highest BCUT2D eigenvalue weighted by atomic mass is 35.5. The van der Waals surface area contributed by atoms with Gasteiger partial charge in [-0.05, 0) is 54.4 Å². The largest absolute Gasteiger partial charge is 0.322 e. The zero-order valence-corrected chi connectivity index (χ0v) is 15.3. The van der Waals surface area contributed by atoms with Crippen LogP contribution < -0.4 is 5.32 Å². The molecule has 1 N–H and O–H groups in total. The molecule has 0 spiro atoms. The number of rotatable bonds is 2. The predicted octanol–water partition coefficient (Wildman–Crippen LogP) is 5.63. The minimum atomic E-state index is -0.108. The molecule has 1 atom stereocenters. The number of hydrogen-bond donors (Lipinski definition) is 1. The molecule has 1 aliphatic heterocycles. The van der Waals surface area contributed by atoms with Gasteiger partial charge in [-0.1, -0.05) is 36.7 Å². The lowest BCUT2D eigenvalue weighted by molar-refractivity contribution is 0.181. The Morgan fingerprint density at radius 1 is 1.12 bits per heavy atom. The van der Waals surface area contributed by atoms with Crippen LogP contribution in [0.3, 0.4) is 0 Å². The Labute approximate surface area is 158 Å². The summed E-state index contributed by atoms with van der Waals surface area (Å²) in [5.41, 5.74) is 4.13. The molecule has 132 valence electrons. The van der Waals surface area contributed by atoms with E-state index in [0.717, 1.165) is 29.1 Å². The van der Waals surface area contributed by atoms with Crippen LogP contribution in [0.2, 0.25) is 5.02 Å². The SMILES string of the molecule is CC[C@@H]1c2cccn2-c2ccccc2CN1C(=O)Nc1ccc(Cl)cc1. The molecular weight excluding hydrogens is 346 g/mol. The lowest BCUT2D eigenvalue weighted by Gasteiger charge is -2.29. The van der Waals surface area contributed by atoms with E-state index in [1.807, 2.05) is 35.2 Å². The van der Waals surface area contributed by atoms with Crippen LogP contribution in [0.15, 0.2) is 66.9 Å². The number of benzene rings is 2. The molecule has 4 nitrogen and oxygen atoms in total. The molecular formula is C21H20ClN3O. The number of fused-ring (bicyclic) bond motifs is 3. The van der Waals surface area contributed by atoms with Gasteiger partial charge in [0, 0.05) is 22.6 Å². The number of para-hydroxylation sites is 1. The van der Waals surface area contributed by atoms with Gasteiger partial charge in [0.1, 0.15) is 0 Å². The average molecular weight is 366 g/mol. The van der Waals surface area contributed by atoms with Gasteiger partial charge >= 0.3 is 6.03 Å². The maximum atomic E-state index is 13.1. The van der Waals surface area contributed by atoms with Crippen molar-refractivity contribution in [2.24, 2.45) is 0 Å². The van der Waals surface area contributed by atoms with Crippen molar-refractivity contribution in [3.05, 3.63) is 83.1 Å². The first kappa shape index (κ1) is 16.7. The number of carbonyl (C=O) groups is 1. The quantitative estimate of drug-likeness (QED) is 0.627. The second-order valence-corrected chi connectivity index (χ2v) is 6.86. The minimum absolute atomic E-state index is 0.00435. The average Bonchev–Trinajstić information content (AvgIpc) is 3.08. The summed E-state index contributed by atoms with van der Waals surface area (Å²) in [6.45, 7) is 2.68. The molecule has 2 heterocycles. The topological polar surface area (TPSA) is 37.3 Å². The number of aromatic nitrogens is 1. The molecule has 0 saturated heterocycles. The van der Waals surface area contributed by atoms with Crippen molar-refractivity contribution in [1.82, 2.24) is 9.47 Å². The number of nitrogens with one attached hydrogen (secondary N) is 1. The summed E-state index contributed by atoms with van der Waals surface area (Å²) < 4.78 is 2.19. The summed E-state index contributed by atoms with van der Waals surface area (Å²) in [7, 11) is 0. The number of amides is 2. The van der Waals surface area contributed by atoms with E-state index in [1.54, 1.807) is 12.1 Å². The van der Waals surface area contributed by atoms with Crippen molar-refractivity contribution in [3.8, 4) is 5.69 Å². The Morgan fingerprint density at radius 3 is 2.65 bits per heavy atom. The van der Waals surface area contributed by atoms with E-state index < -0.39 is 0 Å². The maximum absolute atomic E-state index is 13.1. The van der Waals surface area contributed by atoms with Crippen LogP contribution in [0.25, 0.3) is 5.69 Å². The Morgan fingerprint density at radius 2 is 1.88 bits per heavy atom. The van der Waals surface area contributed by atoms with Crippen molar-refractivity contribution in [2.75, 3.05) is 5.32 Å². The van der Waals surface area contributed by atoms with Crippen molar-refractivity contribution in [3.63, 3.8) is 0 Å². The fraction of sp³-hybridized carbons (Fsp3) is 0.190. The van der Waals surface area contributed by atoms with Crippen LogP contribution in [-0.2, 0) is 6.54 Å². The zero-order chi connectivity index (χ0) is 18.1.